The smallest absolute Gasteiger partial charge is 0.311 e. The second-order valence-corrected chi connectivity index (χ2v) is 26.1. The number of amides is 1. The van der Waals surface area contributed by atoms with Crippen LogP contribution in [0.2, 0.25) is 0 Å². The van der Waals surface area contributed by atoms with Gasteiger partial charge in [0, 0.05) is 31.7 Å². The first-order chi connectivity index (χ1) is 35.4. The van der Waals surface area contributed by atoms with Gasteiger partial charge in [0.1, 0.15) is 39.6 Å². The van der Waals surface area contributed by atoms with E-state index in [2.05, 4.69) is 27.7 Å². The Morgan fingerprint density at radius 2 is 0.645 bits per heavy atom. The highest BCUT2D eigenvalue weighted by Crippen LogP contribution is 2.32. The van der Waals surface area contributed by atoms with E-state index in [9.17, 15) is 33.6 Å². The molecule has 0 unspecified atom stereocenters. The lowest BCUT2D eigenvalue weighted by Crippen LogP contribution is -2.40. The number of ether oxygens (including phenoxy) is 6. The van der Waals surface area contributed by atoms with Gasteiger partial charge in [-0.15, -0.1) is 0 Å². The number of hydrogen-bond donors (Lipinski definition) is 0. The average Bonchev–Trinajstić information content (AvgIpc) is 3.35. The van der Waals surface area contributed by atoms with Crippen LogP contribution in [0.3, 0.4) is 0 Å². The van der Waals surface area contributed by atoms with E-state index in [1.165, 1.54) is 11.8 Å². The van der Waals surface area contributed by atoms with Crippen LogP contribution in [0.25, 0.3) is 0 Å². The number of nitrogens with zero attached hydrogens (tertiary/aromatic N) is 2. The summed E-state index contributed by atoms with van der Waals surface area (Å²) in [6, 6.07) is 0. The second-order valence-electron chi connectivity index (χ2n) is 25.1. The first-order valence-electron chi connectivity index (χ1n) is 29.0. The molecule has 0 aromatic rings. The van der Waals surface area contributed by atoms with Gasteiger partial charge < -0.3 is 38.2 Å². The summed E-state index contributed by atoms with van der Waals surface area (Å²) in [7, 11) is 3.94. The van der Waals surface area contributed by atoms with E-state index in [1.54, 1.807) is 18.7 Å². The van der Waals surface area contributed by atoms with Gasteiger partial charge in [-0.2, -0.15) is 0 Å². The molecule has 0 aliphatic carbocycles. The van der Waals surface area contributed by atoms with Crippen LogP contribution in [0.5, 0.6) is 0 Å². The molecule has 1 amide bonds. The van der Waals surface area contributed by atoms with E-state index in [1.807, 2.05) is 74.4 Å². The zero-order valence-electron chi connectivity index (χ0n) is 51.0. The maximum absolute atomic E-state index is 13.6. The van der Waals surface area contributed by atoms with Crippen molar-refractivity contribution < 1.29 is 62.0 Å². The fraction of sp³-hybridized carbons (Fsp3) is 0.883. The van der Waals surface area contributed by atoms with Crippen LogP contribution in [-0.2, 0) is 57.2 Å². The Kier molecular flexibility index (Phi) is 35.8. The zero-order chi connectivity index (χ0) is 58.1. The maximum atomic E-state index is 13.6. The molecule has 0 saturated heterocycles. The van der Waals surface area contributed by atoms with Gasteiger partial charge in [-0.3, -0.25) is 33.6 Å². The highest BCUT2D eigenvalue weighted by Gasteiger charge is 2.39. The Hall–Kier alpha value is -3.40. The number of rotatable bonds is 44. The van der Waals surface area contributed by atoms with Gasteiger partial charge >= 0.3 is 35.8 Å². The summed E-state index contributed by atoms with van der Waals surface area (Å²) >= 11 is 1.19. The summed E-state index contributed by atoms with van der Waals surface area (Å²) < 4.78 is 35.0. The van der Waals surface area contributed by atoms with E-state index in [0.29, 0.717) is 31.4 Å². The Morgan fingerprint density at radius 1 is 0.368 bits per heavy atom. The van der Waals surface area contributed by atoms with Crippen molar-refractivity contribution in [2.75, 3.05) is 79.1 Å². The van der Waals surface area contributed by atoms with Crippen molar-refractivity contribution in [3.05, 3.63) is 0 Å². The van der Waals surface area contributed by atoms with Crippen LogP contribution in [0.15, 0.2) is 0 Å². The molecule has 76 heavy (non-hydrogen) atoms. The van der Waals surface area contributed by atoms with Crippen LogP contribution < -0.4 is 0 Å². The molecule has 0 bridgehead atoms. The minimum absolute atomic E-state index is 0.0126. The molecule has 0 aromatic heterocycles. The largest absolute Gasteiger partial charge is 0.465 e. The molecule has 0 atom stereocenters. The molecule has 0 heterocycles. The molecular weight excluding hydrogens is 989 g/mol. The topological polar surface area (TPSA) is 181 Å². The third-order valence-electron chi connectivity index (χ3n) is 14.1. The third-order valence-corrected chi connectivity index (χ3v) is 15.1. The first-order valence-corrected chi connectivity index (χ1v) is 30.0. The van der Waals surface area contributed by atoms with E-state index < -0.39 is 44.4 Å². The van der Waals surface area contributed by atoms with Crippen molar-refractivity contribution >= 4 is 52.8 Å². The molecule has 0 fully saturated rings. The SMILES string of the molecule is CCCCCC(C)(C)C(=O)OCC(C)(COC(=O)CCCN(CCCC(=O)OCC(C)(COC(=O)C(C)(C)CCCCC)COC(=O)C(C)(C)CCCCC)C(=O)SCCCN(C)C)COC(=O)C(C)(C)CCCCC. The molecule has 0 spiro atoms. The fourth-order valence-corrected chi connectivity index (χ4v) is 8.89. The van der Waals surface area contributed by atoms with Crippen LogP contribution in [0.1, 0.15) is 232 Å². The number of unbranched alkanes of at least 4 members (excludes halogenated alkanes) is 8. The van der Waals surface area contributed by atoms with Gasteiger partial charge in [-0.25, -0.2) is 0 Å². The quantitative estimate of drug-likeness (QED) is 0.0319. The zero-order valence-corrected chi connectivity index (χ0v) is 51.8. The molecule has 0 N–H and O–H groups in total. The van der Waals surface area contributed by atoms with Gasteiger partial charge in [-0.05, 0) is 135 Å². The summed E-state index contributed by atoms with van der Waals surface area (Å²) in [5.41, 5.74) is -4.92. The van der Waals surface area contributed by atoms with Crippen LogP contribution >= 0.6 is 11.8 Å². The fourth-order valence-electron chi connectivity index (χ4n) is 8.07. The van der Waals surface area contributed by atoms with E-state index in [4.69, 9.17) is 28.4 Å². The van der Waals surface area contributed by atoms with Gasteiger partial charge in [0.15, 0.2) is 0 Å². The average molecular weight is 1100 g/mol. The summed E-state index contributed by atoms with van der Waals surface area (Å²) in [5, 5.41) is -0.168. The highest BCUT2D eigenvalue weighted by atomic mass is 32.2. The third kappa shape index (κ3) is 31.9. The normalized spacial score (nSPS) is 12.5. The molecule has 0 aromatic carbocycles. The number of esters is 6. The number of thioether (sulfide) groups is 1. The Labute approximate surface area is 466 Å². The predicted octanol–water partition coefficient (Wildman–Crippen LogP) is 13.4. The van der Waals surface area contributed by atoms with Gasteiger partial charge in [0.2, 0.25) is 0 Å². The molecular formula is C60H110N2O13S. The monoisotopic (exact) mass is 1100 g/mol. The van der Waals surface area contributed by atoms with Crippen molar-refractivity contribution in [1.29, 1.82) is 0 Å². The Balaban J connectivity index is 6.01. The van der Waals surface area contributed by atoms with Crippen molar-refractivity contribution in [3.63, 3.8) is 0 Å². The standard InChI is InChI=1S/C60H110N2O13S/c1-17-21-25-34-55(5,6)50(65)72-44-59(13,45-73-51(66)56(7,8)35-26-22-18-2)42-70-48(63)32-29-39-62(54(69)76-41-31-38-61(15)16)40-30-33-49(64)71-43-60(14,46-74-52(67)57(9,10)36-27-23-19-3)47-75-53(68)58(11,12)37-28-24-20-4/h17-47H2,1-16H3. The molecule has 0 rings (SSSR count). The lowest BCUT2D eigenvalue weighted by atomic mass is 9.86. The van der Waals surface area contributed by atoms with Gasteiger partial charge in [-0.1, -0.05) is 117 Å². The number of hydrogen-bond acceptors (Lipinski definition) is 15. The molecule has 16 heteroatoms. The molecule has 0 aliphatic heterocycles. The molecule has 15 nitrogen and oxygen atoms in total. The number of carbonyl (C=O) groups excluding carboxylic acids is 7. The van der Waals surface area contributed by atoms with Crippen molar-refractivity contribution in [2.45, 2.75) is 232 Å². The van der Waals surface area contributed by atoms with Gasteiger partial charge in [0.25, 0.3) is 5.24 Å². The van der Waals surface area contributed by atoms with Crippen molar-refractivity contribution in [2.24, 2.45) is 32.5 Å². The minimum Gasteiger partial charge on any atom is -0.465 e. The minimum atomic E-state index is -1.03. The molecule has 0 saturated carbocycles. The first kappa shape index (κ1) is 72.6. The van der Waals surface area contributed by atoms with E-state index >= 15 is 0 Å². The second kappa shape index (κ2) is 37.5. The summed E-state index contributed by atoms with van der Waals surface area (Å²) in [6.45, 7) is 27.3. The number of carbonyl (C=O) groups is 7. The van der Waals surface area contributed by atoms with Crippen molar-refractivity contribution in [3.8, 4) is 0 Å². The summed E-state index contributed by atoms with van der Waals surface area (Å²) in [5.74, 6) is -1.90. The lowest BCUT2D eigenvalue weighted by molar-refractivity contribution is -0.171. The van der Waals surface area contributed by atoms with Crippen LogP contribution in [0.4, 0.5) is 4.79 Å². The maximum Gasteiger partial charge on any atom is 0.311 e. The van der Waals surface area contributed by atoms with Crippen molar-refractivity contribution in [1.82, 2.24) is 9.80 Å². The summed E-state index contributed by atoms with van der Waals surface area (Å²) in [6.07, 6.45) is 15.7. The summed E-state index contributed by atoms with van der Waals surface area (Å²) in [4.78, 5) is 97.3. The van der Waals surface area contributed by atoms with Crippen LogP contribution in [0, 0.1) is 32.5 Å². The van der Waals surface area contributed by atoms with Crippen LogP contribution in [-0.4, -0.2) is 130 Å². The molecule has 444 valence electrons. The Bertz CT molecular complexity index is 1530. The van der Waals surface area contributed by atoms with E-state index in [-0.39, 0.29) is 108 Å². The van der Waals surface area contributed by atoms with Gasteiger partial charge in [0.05, 0.1) is 32.5 Å². The Morgan fingerprint density at radius 3 is 0.908 bits per heavy atom. The predicted molar refractivity (Wildman–Crippen MR) is 305 cm³/mol. The molecule has 0 radical (unpaired) electrons. The molecule has 0 aliphatic rings. The van der Waals surface area contributed by atoms with E-state index in [0.717, 1.165) is 90.0 Å². The lowest BCUT2D eigenvalue weighted by Gasteiger charge is -2.32. The highest BCUT2D eigenvalue weighted by molar-refractivity contribution is 8.13.